The molecular formula is C13H22N2. The lowest BCUT2D eigenvalue weighted by Crippen LogP contribution is -2.30. The maximum Gasteiger partial charge on any atom is 0.0303 e. The van der Waals surface area contributed by atoms with Gasteiger partial charge in [-0.2, -0.15) is 0 Å². The number of hydrogen-bond acceptors (Lipinski definition) is 2. The third kappa shape index (κ3) is 4.00. The molecule has 84 valence electrons. The van der Waals surface area contributed by atoms with Crippen LogP contribution in [0.4, 0.5) is 0 Å². The average molecular weight is 206 g/mol. The number of hydrogen-bond donors (Lipinski definition) is 1. The number of nitrogens with zero attached hydrogens (tertiary/aromatic N) is 1. The minimum atomic E-state index is 0.544. The first-order chi connectivity index (χ1) is 7.11. The van der Waals surface area contributed by atoms with Gasteiger partial charge in [0.2, 0.25) is 0 Å². The molecule has 0 aliphatic heterocycles. The van der Waals surface area contributed by atoms with Gasteiger partial charge in [-0.3, -0.25) is 4.98 Å². The van der Waals surface area contributed by atoms with Crippen molar-refractivity contribution in [2.75, 3.05) is 6.54 Å². The van der Waals surface area contributed by atoms with E-state index < -0.39 is 0 Å². The summed E-state index contributed by atoms with van der Waals surface area (Å²) < 4.78 is 0. The smallest absolute Gasteiger partial charge is 0.0303 e. The van der Waals surface area contributed by atoms with E-state index >= 15 is 0 Å². The minimum absolute atomic E-state index is 0.544. The Hall–Kier alpha value is -0.890. The van der Waals surface area contributed by atoms with E-state index in [1.807, 2.05) is 18.5 Å². The zero-order valence-electron chi connectivity index (χ0n) is 10.2. The van der Waals surface area contributed by atoms with E-state index in [1.54, 1.807) is 0 Å². The molecule has 0 radical (unpaired) electrons. The van der Waals surface area contributed by atoms with Crippen LogP contribution in [0.3, 0.4) is 0 Å². The summed E-state index contributed by atoms with van der Waals surface area (Å²) in [7, 11) is 0. The SMILES string of the molecule is CC(C)NCC(c1cccnc1)C(C)C. The molecule has 2 heteroatoms. The summed E-state index contributed by atoms with van der Waals surface area (Å²) >= 11 is 0. The summed E-state index contributed by atoms with van der Waals surface area (Å²) in [5, 5.41) is 3.50. The van der Waals surface area contributed by atoms with Crippen molar-refractivity contribution in [2.45, 2.75) is 39.7 Å². The van der Waals surface area contributed by atoms with Gasteiger partial charge in [0.1, 0.15) is 0 Å². The van der Waals surface area contributed by atoms with Crippen LogP contribution in [0.25, 0.3) is 0 Å². The first-order valence-electron chi connectivity index (χ1n) is 5.74. The molecule has 1 aromatic rings. The molecule has 15 heavy (non-hydrogen) atoms. The molecule has 1 N–H and O–H groups in total. The van der Waals surface area contributed by atoms with Crippen LogP contribution in [0.15, 0.2) is 24.5 Å². The third-order valence-corrected chi connectivity index (χ3v) is 2.66. The first-order valence-corrected chi connectivity index (χ1v) is 5.74. The van der Waals surface area contributed by atoms with Crippen molar-refractivity contribution in [3.8, 4) is 0 Å². The second-order valence-electron chi connectivity index (χ2n) is 4.70. The van der Waals surface area contributed by atoms with Gasteiger partial charge in [0.05, 0.1) is 0 Å². The summed E-state index contributed by atoms with van der Waals surface area (Å²) in [5.74, 6) is 1.20. The average Bonchev–Trinajstić information content (AvgIpc) is 2.18. The van der Waals surface area contributed by atoms with E-state index in [4.69, 9.17) is 0 Å². The molecular weight excluding hydrogens is 184 g/mol. The van der Waals surface area contributed by atoms with Crippen LogP contribution in [0.1, 0.15) is 39.2 Å². The second kappa shape index (κ2) is 5.86. The quantitative estimate of drug-likeness (QED) is 0.801. The lowest BCUT2D eigenvalue weighted by Gasteiger charge is -2.22. The number of nitrogens with one attached hydrogen (secondary N) is 1. The van der Waals surface area contributed by atoms with Crippen molar-refractivity contribution in [1.29, 1.82) is 0 Å². The molecule has 1 heterocycles. The Morgan fingerprint density at radius 1 is 1.27 bits per heavy atom. The molecule has 1 rings (SSSR count). The monoisotopic (exact) mass is 206 g/mol. The Balaban J connectivity index is 2.66. The Morgan fingerprint density at radius 3 is 2.47 bits per heavy atom. The highest BCUT2D eigenvalue weighted by atomic mass is 14.9. The second-order valence-corrected chi connectivity index (χ2v) is 4.70. The van der Waals surface area contributed by atoms with Gasteiger partial charge in [0.15, 0.2) is 0 Å². The topological polar surface area (TPSA) is 24.9 Å². The van der Waals surface area contributed by atoms with Gasteiger partial charge in [-0.15, -0.1) is 0 Å². The van der Waals surface area contributed by atoms with Gasteiger partial charge in [-0.1, -0.05) is 33.8 Å². The fourth-order valence-electron chi connectivity index (χ4n) is 1.70. The Bertz CT molecular complexity index is 267. The normalized spacial score (nSPS) is 13.5. The summed E-state index contributed by atoms with van der Waals surface area (Å²) in [4.78, 5) is 4.19. The van der Waals surface area contributed by atoms with E-state index in [0.717, 1.165) is 6.54 Å². The van der Waals surface area contributed by atoms with E-state index in [9.17, 15) is 0 Å². The van der Waals surface area contributed by atoms with E-state index in [2.05, 4.69) is 44.1 Å². The van der Waals surface area contributed by atoms with Crippen LogP contribution in [0.5, 0.6) is 0 Å². The molecule has 0 aliphatic carbocycles. The summed E-state index contributed by atoms with van der Waals surface area (Å²) in [6.45, 7) is 9.92. The van der Waals surface area contributed by atoms with Gasteiger partial charge < -0.3 is 5.32 Å². The minimum Gasteiger partial charge on any atom is -0.314 e. The van der Waals surface area contributed by atoms with Crippen LogP contribution in [-0.2, 0) is 0 Å². The van der Waals surface area contributed by atoms with Crippen molar-refractivity contribution in [3.05, 3.63) is 30.1 Å². The fourth-order valence-corrected chi connectivity index (χ4v) is 1.70. The highest BCUT2D eigenvalue weighted by molar-refractivity contribution is 5.15. The predicted molar refractivity (Wildman–Crippen MR) is 65.0 cm³/mol. The summed E-state index contributed by atoms with van der Waals surface area (Å²) in [5.41, 5.74) is 1.33. The molecule has 0 aromatic carbocycles. The fraction of sp³-hybridized carbons (Fsp3) is 0.615. The molecule has 0 saturated heterocycles. The van der Waals surface area contributed by atoms with Gasteiger partial charge in [-0.05, 0) is 17.5 Å². The maximum absolute atomic E-state index is 4.19. The highest BCUT2D eigenvalue weighted by Gasteiger charge is 2.15. The van der Waals surface area contributed by atoms with Gasteiger partial charge in [-0.25, -0.2) is 0 Å². The van der Waals surface area contributed by atoms with Gasteiger partial charge >= 0.3 is 0 Å². The lowest BCUT2D eigenvalue weighted by atomic mass is 9.89. The third-order valence-electron chi connectivity index (χ3n) is 2.66. The van der Waals surface area contributed by atoms with Crippen molar-refractivity contribution < 1.29 is 0 Å². The maximum atomic E-state index is 4.19. The van der Waals surface area contributed by atoms with Crippen LogP contribution >= 0.6 is 0 Å². The Kier molecular flexibility index (Phi) is 4.76. The number of pyridine rings is 1. The summed E-state index contributed by atoms with van der Waals surface area (Å²) in [6, 6.07) is 4.72. The van der Waals surface area contributed by atoms with Crippen molar-refractivity contribution in [2.24, 2.45) is 5.92 Å². The largest absolute Gasteiger partial charge is 0.314 e. The number of rotatable bonds is 5. The predicted octanol–water partition coefficient (Wildman–Crippen LogP) is 2.82. The van der Waals surface area contributed by atoms with E-state index in [-0.39, 0.29) is 0 Å². The van der Waals surface area contributed by atoms with E-state index in [1.165, 1.54) is 5.56 Å². The molecule has 0 amide bonds. The molecule has 0 saturated carbocycles. The zero-order chi connectivity index (χ0) is 11.3. The molecule has 0 spiro atoms. The van der Waals surface area contributed by atoms with E-state index in [0.29, 0.717) is 17.9 Å². The van der Waals surface area contributed by atoms with Crippen LogP contribution in [0.2, 0.25) is 0 Å². The molecule has 1 unspecified atom stereocenters. The Labute approximate surface area is 93.1 Å². The zero-order valence-corrected chi connectivity index (χ0v) is 10.2. The number of aromatic nitrogens is 1. The molecule has 0 bridgehead atoms. The molecule has 1 aromatic heterocycles. The molecule has 0 fully saturated rings. The molecule has 1 atom stereocenters. The summed E-state index contributed by atoms with van der Waals surface area (Å²) in [6.07, 6.45) is 3.81. The first kappa shape index (κ1) is 12.2. The van der Waals surface area contributed by atoms with Gasteiger partial charge in [0, 0.05) is 30.9 Å². The van der Waals surface area contributed by atoms with Gasteiger partial charge in [0.25, 0.3) is 0 Å². The van der Waals surface area contributed by atoms with Crippen molar-refractivity contribution >= 4 is 0 Å². The van der Waals surface area contributed by atoms with Crippen molar-refractivity contribution in [3.63, 3.8) is 0 Å². The Morgan fingerprint density at radius 2 is 2.00 bits per heavy atom. The molecule has 0 aliphatic rings. The molecule has 2 nitrogen and oxygen atoms in total. The highest BCUT2D eigenvalue weighted by Crippen LogP contribution is 2.22. The standard InChI is InChI=1S/C13H22N2/c1-10(2)13(9-15-11(3)4)12-6-5-7-14-8-12/h5-8,10-11,13,15H,9H2,1-4H3. The van der Waals surface area contributed by atoms with Crippen molar-refractivity contribution in [1.82, 2.24) is 10.3 Å². The van der Waals surface area contributed by atoms with Crippen LogP contribution in [-0.4, -0.2) is 17.6 Å². The lowest BCUT2D eigenvalue weighted by molar-refractivity contribution is 0.440. The van der Waals surface area contributed by atoms with Crippen LogP contribution < -0.4 is 5.32 Å². The van der Waals surface area contributed by atoms with Crippen LogP contribution in [0, 0.1) is 5.92 Å².